The van der Waals surface area contributed by atoms with Crippen LogP contribution in [0.5, 0.6) is 0 Å². The van der Waals surface area contributed by atoms with E-state index in [4.69, 9.17) is 31.5 Å². The number of benzene rings is 1. The first-order chi connectivity index (χ1) is 13.5. The Morgan fingerprint density at radius 2 is 2.25 bits per heavy atom. The Morgan fingerprint density at radius 1 is 1.43 bits per heavy atom. The van der Waals surface area contributed by atoms with Crippen molar-refractivity contribution < 1.29 is 19.0 Å². The summed E-state index contributed by atoms with van der Waals surface area (Å²) in [6.07, 6.45) is 1.44. The summed E-state index contributed by atoms with van der Waals surface area (Å²) in [5, 5.41) is 0.659. The summed E-state index contributed by atoms with van der Waals surface area (Å²) >= 11 is 6.26. The largest absolute Gasteiger partial charge is 0.439 e. The molecule has 2 N–H and O–H groups in total. The van der Waals surface area contributed by atoms with Crippen LogP contribution in [0.15, 0.2) is 23.0 Å². The second-order valence-corrected chi connectivity index (χ2v) is 7.54. The maximum absolute atomic E-state index is 13.3. The van der Waals surface area contributed by atoms with Crippen LogP contribution >= 0.6 is 11.6 Å². The fourth-order valence-electron chi connectivity index (χ4n) is 3.64. The molecule has 0 radical (unpaired) electrons. The van der Waals surface area contributed by atoms with Gasteiger partial charge in [0.2, 0.25) is 0 Å². The summed E-state index contributed by atoms with van der Waals surface area (Å²) in [5.74, 6) is 0.319. The Kier molecular flexibility index (Phi) is 5.27. The molecule has 2 aromatic rings. The highest BCUT2D eigenvalue weighted by atomic mass is 35.5. The summed E-state index contributed by atoms with van der Waals surface area (Å²) in [4.78, 5) is 29.0. The molecule has 1 saturated carbocycles. The van der Waals surface area contributed by atoms with Gasteiger partial charge in [0.1, 0.15) is 0 Å². The molecule has 28 heavy (non-hydrogen) atoms. The number of hydrogen-bond acceptors (Lipinski definition) is 6. The van der Waals surface area contributed by atoms with E-state index in [1.54, 1.807) is 25.1 Å². The Balaban J connectivity index is 1.71. The highest BCUT2D eigenvalue weighted by Gasteiger charge is 2.45. The van der Waals surface area contributed by atoms with Crippen LogP contribution < -0.4 is 11.3 Å². The number of aromatic nitrogens is 2. The smallest absolute Gasteiger partial charge is 0.405 e. The van der Waals surface area contributed by atoms with Crippen molar-refractivity contribution in [3.05, 3.63) is 39.4 Å². The Morgan fingerprint density at radius 3 is 2.96 bits per heavy atom. The Labute approximate surface area is 166 Å². The van der Waals surface area contributed by atoms with Gasteiger partial charge in [-0.2, -0.15) is 0 Å². The standard InChI is InChI=1S/C19H22ClN3O5/c1-10(27-19(21)25)17-22-12-6-4-5-11(20)16(12)18(24)23(17)13-9-14(13)28-15-7-2-3-8-26-15/h4-6,10,13-15H,2-3,7-9H2,1H3,(H2,21,25). The SMILES string of the molecule is CC(OC(N)=O)c1nc2cccc(Cl)c2c(=O)n1C1CC1OC1CCCCO1. The lowest BCUT2D eigenvalue weighted by molar-refractivity contribution is -0.170. The van der Waals surface area contributed by atoms with Gasteiger partial charge in [-0.15, -0.1) is 0 Å². The maximum atomic E-state index is 13.3. The van der Waals surface area contributed by atoms with Crippen LogP contribution in [0.2, 0.25) is 5.02 Å². The van der Waals surface area contributed by atoms with Gasteiger partial charge in [-0.25, -0.2) is 9.78 Å². The Bertz CT molecular complexity index is 956. The summed E-state index contributed by atoms with van der Waals surface area (Å²) in [7, 11) is 0. The van der Waals surface area contributed by atoms with Gasteiger partial charge in [-0.1, -0.05) is 17.7 Å². The fraction of sp³-hybridized carbons (Fsp3) is 0.526. The second-order valence-electron chi connectivity index (χ2n) is 7.13. The predicted molar refractivity (Wildman–Crippen MR) is 102 cm³/mol. The number of nitrogens with two attached hydrogens (primary N) is 1. The van der Waals surface area contributed by atoms with Crippen molar-refractivity contribution in [2.24, 2.45) is 5.73 Å². The predicted octanol–water partition coefficient (Wildman–Crippen LogP) is 3.06. The van der Waals surface area contributed by atoms with Gasteiger partial charge in [0.25, 0.3) is 5.56 Å². The third-order valence-corrected chi connectivity index (χ3v) is 5.37. The molecule has 9 heteroatoms. The van der Waals surface area contributed by atoms with Crippen molar-refractivity contribution >= 4 is 28.6 Å². The first-order valence-corrected chi connectivity index (χ1v) is 9.77. The lowest BCUT2D eigenvalue weighted by Crippen LogP contribution is -2.30. The number of amides is 1. The van der Waals surface area contributed by atoms with E-state index in [9.17, 15) is 9.59 Å². The summed E-state index contributed by atoms with van der Waals surface area (Å²) in [5.41, 5.74) is 5.32. The van der Waals surface area contributed by atoms with Crippen LogP contribution in [0.1, 0.15) is 50.6 Å². The van der Waals surface area contributed by atoms with Crippen molar-refractivity contribution in [1.29, 1.82) is 0 Å². The first-order valence-electron chi connectivity index (χ1n) is 9.39. The molecular formula is C19H22ClN3O5. The topological polar surface area (TPSA) is 106 Å². The van der Waals surface area contributed by atoms with Crippen molar-refractivity contribution in [1.82, 2.24) is 9.55 Å². The zero-order valence-electron chi connectivity index (χ0n) is 15.5. The van der Waals surface area contributed by atoms with Crippen LogP contribution in [0.25, 0.3) is 10.9 Å². The first kappa shape index (κ1) is 19.2. The number of hydrogen-bond donors (Lipinski definition) is 1. The number of halogens is 1. The van der Waals surface area contributed by atoms with Crippen molar-refractivity contribution in [3.63, 3.8) is 0 Å². The zero-order chi connectivity index (χ0) is 19.8. The highest BCUT2D eigenvalue weighted by Crippen LogP contribution is 2.41. The normalized spacial score (nSPS) is 25.4. The van der Waals surface area contributed by atoms with Crippen molar-refractivity contribution in [2.75, 3.05) is 6.61 Å². The third kappa shape index (κ3) is 3.72. The molecule has 0 spiro atoms. The number of nitrogens with zero attached hydrogens (tertiary/aromatic N) is 2. The van der Waals surface area contributed by atoms with Gasteiger partial charge in [0, 0.05) is 6.61 Å². The molecule has 4 rings (SSSR count). The molecule has 4 unspecified atom stereocenters. The molecule has 2 aliphatic rings. The van der Waals surface area contributed by atoms with E-state index in [1.807, 2.05) is 0 Å². The molecule has 1 aromatic heterocycles. The molecule has 1 aromatic carbocycles. The maximum Gasteiger partial charge on any atom is 0.405 e. The average Bonchev–Trinajstić information content (AvgIpc) is 3.40. The summed E-state index contributed by atoms with van der Waals surface area (Å²) in [6, 6.07) is 4.84. The number of ether oxygens (including phenoxy) is 3. The van der Waals surface area contributed by atoms with Gasteiger partial charge >= 0.3 is 6.09 Å². The lowest BCUT2D eigenvalue weighted by atomic mass is 10.2. The fourth-order valence-corrected chi connectivity index (χ4v) is 3.89. The number of carbonyl (C=O) groups excluding carboxylic acids is 1. The van der Waals surface area contributed by atoms with E-state index in [1.165, 1.54) is 4.57 Å². The molecule has 1 amide bonds. The van der Waals surface area contributed by atoms with E-state index in [2.05, 4.69) is 4.98 Å². The zero-order valence-corrected chi connectivity index (χ0v) is 16.2. The molecule has 8 nitrogen and oxygen atoms in total. The molecule has 1 aliphatic heterocycles. The lowest BCUT2D eigenvalue weighted by Gasteiger charge is -2.23. The molecule has 4 atom stereocenters. The van der Waals surface area contributed by atoms with Gasteiger partial charge in [0.15, 0.2) is 18.2 Å². The minimum absolute atomic E-state index is 0.165. The summed E-state index contributed by atoms with van der Waals surface area (Å²) < 4.78 is 18.3. The molecular weight excluding hydrogens is 386 g/mol. The number of primary amides is 1. The Hall–Kier alpha value is -2.16. The van der Waals surface area contributed by atoms with Crippen LogP contribution in [0, 0.1) is 0 Å². The number of carbonyl (C=O) groups is 1. The van der Waals surface area contributed by atoms with Crippen molar-refractivity contribution in [3.8, 4) is 0 Å². The summed E-state index contributed by atoms with van der Waals surface area (Å²) in [6.45, 7) is 2.31. The minimum Gasteiger partial charge on any atom is -0.439 e. The van der Waals surface area contributed by atoms with Crippen LogP contribution in [-0.4, -0.2) is 34.6 Å². The van der Waals surface area contributed by atoms with E-state index in [-0.39, 0.29) is 24.0 Å². The molecule has 1 aliphatic carbocycles. The number of rotatable bonds is 5. The molecule has 1 saturated heterocycles. The van der Waals surface area contributed by atoms with E-state index in [0.717, 1.165) is 19.3 Å². The molecule has 150 valence electrons. The molecule has 2 heterocycles. The van der Waals surface area contributed by atoms with Crippen molar-refractivity contribution in [2.45, 2.75) is 57.1 Å². The van der Waals surface area contributed by atoms with E-state index >= 15 is 0 Å². The van der Waals surface area contributed by atoms with Crippen LogP contribution in [0.3, 0.4) is 0 Å². The molecule has 2 fully saturated rings. The number of fused-ring (bicyclic) bond motifs is 1. The highest BCUT2D eigenvalue weighted by molar-refractivity contribution is 6.35. The monoisotopic (exact) mass is 407 g/mol. The van der Waals surface area contributed by atoms with Gasteiger partial charge < -0.3 is 19.9 Å². The van der Waals surface area contributed by atoms with Gasteiger partial charge in [0.05, 0.1) is 28.1 Å². The second kappa shape index (κ2) is 7.69. The minimum atomic E-state index is -0.932. The van der Waals surface area contributed by atoms with Gasteiger partial charge in [-0.05, 0) is 44.7 Å². The van der Waals surface area contributed by atoms with Crippen LogP contribution in [0.4, 0.5) is 4.79 Å². The molecule has 0 bridgehead atoms. The van der Waals surface area contributed by atoms with Gasteiger partial charge in [-0.3, -0.25) is 9.36 Å². The van der Waals surface area contributed by atoms with E-state index in [0.29, 0.717) is 34.8 Å². The quantitative estimate of drug-likeness (QED) is 0.816. The third-order valence-electron chi connectivity index (χ3n) is 5.06. The van der Waals surface area contributed by atoms with E-state index < -0.39 is 12.2 Å². The van der Waals surface area contributed by atoms with Crippen LogP contribution in [-0.2, 0) is 14.2 Å². The average molecular weight is 408 g/mol.